The molecule has 0 saturated heterocycles. The van der Waals surface area contributed by atoms with Crippen molar-refractivity contribution in [3.63, 3.8) is 0 Å². The van der Waals surface area contributed by atoms with Crippen molar-refractivity contribution in [2.45, 2.75) is 46.3 Å². The van der Waals surface area contributed by atoms with Crippen LogP contribution in [0.15, 0.2) is 85.2 Å². The molecule has 41 heavy (non-hydrogen) atoms. The summed E-state index contributed by atoms with van der Waals surface area (Å²) >= 11 is 1.67. The Labute approximate surface area is 265 Å². The Morgan fingerprint density at radius 3 is 2.39 bits per heavy atom. The van der Waals surface area contributed by atoms with E-state index in [2.05, 4.69) is 73.8 Å². The molecule has 6 heteroatoms. The molecule has 3 heterocycles. The standard InChI is InChI=1S/C20H15FNS.C15H18NSi.Ir/c1-12(2)13-8-9-22-18(10-13)16-5-3-4-15-17-11-14(21)6-7-19(17)23-20(15)16;1-12-5-7-13(8-6-12)15-10-9-14(11-16-15)17(2,3)4;/h3-4,6-12H,1-2H3;5-7,9-11H,1-4H3;/q2*-1;/i;1D3;. The Hall–Kier alpha value is -3.02. The average Bonchev–Trinajstić information content (AvgIpc) is 3.35. The normalized spacial score (nSPS) is 12.7. The summed E-state index contributed by atoms with van der Waals surface area (Å²) in [4.78, 5) is 9.00. The second kappa shape index (κ2) is 12.9. The van der Waals surface area contributed by atoms with E-state index < -0.39 is 14.9 Å². The Balaban J connectivity index is 0.000000199. The summed E-state index contributed by atoms with van der Waals surface area (Å²) in [6.45, 7) is 9.10. The molecule has 0 saturated carbocycles. The second-order valence-electron chi connectivity index (χ2n) is 11.1. The van der Waals surface area contributed by atoms with Crippen molar-refractivity contribution >= 4 is 44.8 Å². The molecular weight excluding hydrogens is 720 g/mol. The monoisotopic (exact) mass is 756 g/mol. The molecule has 3 aromatic carbocycles. The minimum absolute atomic E-state index is 0. The third-order valence-corrected chi connectivity index (χ3v) is 10.1. The Morgan fingerprint density at radius 1 is 0.902 bits per heavy atom. The Bertz CT molecular complexity index is 1820. The van der Waals surface area contributed by atoms with Crippen molar-refractivity contribution in [1.82, 2.24) is 9.97 Å². The number of hydrogen-bond donors (Lipinski definition) is 0. The Kier molecular flexibility index (Phi) is 8.43. The zero-order valence-electron chi connectivity index (χ0n) is 26.7. The van der Waals surface area contributed by atoms with Gasteiger partial charge in [0.1, 0.15) is 5.82 Å². The van der Waals surface area contributed by atoms with Crippen LogP contribution in [0.25, 0.3) is 42.7 Å². The van der Waals surface area contributed by atoms with Crippen molar-refractivity contribution in [2.24, 2.45) is 0 Å². The zero-order valence-corrected chi connectivity index (χ0v) is 27.9. The van der Waals surface area contributed by atoms with Crippen LogP contribution in [-0.4, -0.2) is 18.0 Å². The largest absolute Gasteiger partial charge is 0.305 e. The molecule has 6 rings (SSSR count). The number of benzene rings is 3. The van der Waals surface area contributed by atoms with E-state index in [0.717, 1.165) is 42.7 Å². The third kappa shape index (κ3) is 7.07. The molecule has 0 aliphatic carbocycles. The summed E-state index contributed by atoms with van der Waals surface area (Å²) < 4.78 is 37.8. The minimum atomic E-state index is -2.08. The smallest absolute Gasteiger partial charge is 0.123 e. The van der Waals surface area contributed by atoms with Crippen LogP contribution in [0.3, 0.4) is 0 Å². The summed E-state index contributed by atoms with van der Waals surface area (Å²) in [5.74, 6) is 0.249. The van der Waals surface area contributed by atoms with E-state index in [1.165, 1.54) is 22.9 Å². The van der Waals surface area contributed by atoms with Gasteiger partial charge in [0, 0.05) is 41.3 Å². The van der Waals surface area contributed by atoms with Gasteiger partial charge in [0.05, 0.1) is 8.07 Å². The molecule has 0 unspecified atom stereocenters. The van der Waals surface area contributed by atoms with Gasteiger partial charge in [-0.1, -0.05) is 69.5 Å². The molecule has 0 atom stereocenters. The predicted molar refractivity (Wildman–Crippen MR) is 172 cm³/mol. The number of fused-ring (bicyclic) bond motifs is 3. The van der Waals surface area contributed by atoms with Crippen molar-refractivity contribution < 1.29 is 28.6 Å². The predicted octanol–water partition coefficient (Wildman–Crippen LogP) is 9.58. The quantitative estimate of drug-likeness (QED) is 0.132. The molecule has 0 spiro atoms. The number of hydrogen-bond acceptors (Lipinski definition) is 3. The van der Waals surface area contributed by atoms with Crippen molar-refractivity contribution in [3.8, 4) is 22.5 Å². The van der Waals surface area contributed by atoms with Crippen LogP contribution in [0.4, 0.5) is 4.39 Å². The zero-order chi connectivity index (χ0) is 30.9. The number of aromatic nitrogens is 2. The number of halogens is 1. The van der Waals surface area contributed by atoms with Gasteiger partial charge in [-0.2, -0.15) is 11.3 Å². The van der Waals surface area contributed by atoms with E-state index in [4.69, 9.17) is 4.11 Å². The van der Waals surface area contributed by atoms with Gasteiger partial charge in [0.15, 0.2) is 0 Å². The number of pyridine rings is 2. The van der Waals surface area contributed by atoms with Crippen LogP contribution >= 0.6 is 11.3 Å². The maximum Gasteiger partial charge on any atom is 0.123 e. The van der Waals surface area contributed by atoms with Crippen molar-refractivity contribution in [1.29, 1.82) is 0 Å². The molecule has 2 nitrogen and oxygen atoms in total. The number of rotatable bonds is 4. The first kappa shape index (κ1) is 26.8. The van der Waals surface area contributed by atoms with E-state index in [9.17, 15) is 4.39 Å². The first-order valence-electron chi connectivity index (χ1n) is 14.8. The maximum absolute atomic E-state index is 13.6. The van der Waals surface area contributed by atoms with Crippen molar-refractivity contribution in [3.05, 3.63) is 114 Å². The summed E-state index contributed by atoms with van der Waals surface area (Å²) in [7, 11) is -1.34. The second-order valence-corrected chi connectivity index (χ2v) is 17.3. The topological polar surface area (TPSA) is 25.8 Å². The number of nitrogens with zero attached hydrogens (tertiary/aromatic N) is 2. The van der Waals surface area contributed by atoms with Gasteiger partial charge < -0.3 is 9.97 Å². The summed E-state index contributed by atoms with van der Waals surface area (Å²) in [5.41, 5.74) is 5.12. The third-order valence-electron chi connectivity index (χ3n) is 6.82. The SMILES string of the molecule is CC(C)c1ccnc(-c2[c-]ccc3c2sc2ccc(F)cc23)c1.[2H]C([2H])([2H])c1c[c-]c(-c2ccc([Si](C)(C)C)cn2)cc1.[Ir]. The molecule has 0 amide bonds. The molecule has 0 fully saturated rings. The summed E-state index contributed by atoms with van der Waals surface area (Å²) in [6, 6.07) is 28.4. The van der Waals surface area contributed by atoms with Crippen molar-refractivity contribution in [2.75, 3.05) is 0 Å². The molecule has 0 aliphatic heterocycles. The first-order chi connectivity index (χ1) is 20.3. The minimum Gasteiger partial charge on any atom is -0.305 e. The van der Waals surface area contributed by atoms with Crippen LogP contribution < -0.4 is 5.19 Å². The van der Waals surface area contributed by atoms with Crippen LogP contribution in [0.2, 0.25) is 19.6 Å². The molecule has 0 bridgehead atoms. The van der Waals surface area contributed by atoms with Gasteiger partial charge in [-0.25, -0.2) is 4.39 Å². The fraction of sp³-hybridized carbons (Fsp3) is 0.200. The molecule has 3 aromatic heterocycles. The molecule has 211 valence electrons. The average molecular weight is 756 g/mol. The fourth-order valence-corrected chi connectivity index (χ4v) is 6.65. The van der Waals surface area contributed by atoms with Gasteiger partial charge in [-0.05, 0) is 56.8 Å². The van der Waals surface area contributed by atoms with E-state index in [1.807, 2.05) is 36.7 Å². The first-order valence-corrected chi connectivity index (χ1v) is 17.6. The molecule has 6 aromatic rings. The van der Waals surface area contributed by atoms with Crippen LogP contribution in [0.1, 0.15) is 35.0 Å². The number of thiophene rings is 1. The van der Waals surface area contributed by atoms with Crippen LogP contribution in [0.5, 0.6) is 0 Å². The molecule has 1 radical (unpaired) electrons. The molecule has 0 N–H and O–H groups in total. The van der Waals surface area contributed by atoms with E-state index in [-0.39, 0.29) is 25.9 Å². The maximum atomic E-state index is 13.6. The van der Waals surface area contributed by atoms with Crippen LogP contribution in [-0.2, 0) is 20.1 Å². The summed E-state index contributed by atoms with van der Waals surface area (Å²) in [5, 5.41) is 3.33. The van der Waals surface area contributed by atoms with Gasteiger partial charge in [0.2, 0.25) is 0 Å². The van der Waals surface area contributed by atoms with Gasteiger partial charge >= 0.3 is 0 Å². The Morgan fingerprint density at radius 2 is 1.73 bits per heavy atom. The van der Waals surface area contributed by atoms with Gasteiger partial charge in [0.25, 0.3) is 0 Å². The fourth-order valence-electron chi connectivity index (χ4n) is 4.43. The van der Waals surface area contributed by atoms with E-state index >= 15 is 0 Å². The van der Waals surface area contributed by atoms with Gasteiger partial charge in [-0.3, -0.25) is 0 Å². The van der Waals surface area contributed by atoms with E-state index in [1.54, 1.807) is 29.5 Å². The summed E-state index contributed by atoms with van der Waals surface area (Å²) in [6.07, 6.45) is 3.78. The van der Waals surface area contributed by atoms with Crippen LogP contribution in [0, 0.1) is 24.8 Å². The number of aryl methyl sites for hydroxylation is 1. The van der Waals surface area contributed by atoms with E-state index in [0.29, 0.717) is 11.5 Å². The van der Waals surface area contributed by atoms with Gasteiger partial charge in [-0.15, -0.1) is 59.2 Å². The molecular formula is C35H33FIrN2SSi-2. The molecule has 0 aliphatic rings.